The molecule has 0 aliphatic carbocycles. The van der Waals surface area contributed by atoms with Gasteiger partial charge in [0.1, 0.15) is 16.5 Å². The van der Waals surface area contributed by atoms with Crippen molar-refractivity contribution in [2.75, 3.05) is 11.4 Å². The summed E-state index contributed by atoms with van der Waals surface area (Å²) in [7, 11) is 0. The SMILES string of the molecule is Cc1ccc(C(=O)c2cnc3n2CCN(c2cn[nH]c(=O)c2Cl)C3)c(C)c1. The lowest BCUT2D eigenvalue weighted by atomic mass is 10.0. The number of H-pyrrole nitrogens is 1. The zero-order valence-electron chi connectivity index (χ0n) is 15.0. The summed E-state index contributed by atoms with van der Waals surface area (Å²) < 4.78 is 1.94. The predicted octanol–water partition coefficient (Wildman–Crippen LogP) is 2.49. The molecule has 0 spiro atoms. The van der Waals surface area contributed by atoms with Crippen LogP contribution >= 0.6 is 11.6 Å². The maximum atomic E-state index is 13.0. The van der Waals surface area contributed by atoms with Gasteiger partial charge >= 0.3 is 0 Å². The van der Waals surface area contributed by atoms with Crippen LogP contribution in [0.15, 0.2) is 35.4 Å². The van der Waals surface area contributed by atoms with Gasteiger partial charge in [0.2, 0.25) is 5.78 Å². The largest absolute Gasteiger partial charge is 0.360 e. The van der Waals surface area contributed by atoms with E-state index in [2.05, 4.69) is 15.2 Å². The van der Waals surface area contributed by atoms with Crippen LogP contribution in [0.4, 0.5) is 5.69 Å². The van der Waals surface area contributed by atoms with Gasteiger partial charge in [-0.05, 0) is 19.4 Å². The van der Waals surface area contributed by atoms with Crippen molar-refractivity contribution in [3.05, 3.63) is 74.2 Å². The van der Waals surface area contributed by atoms with Crippen molar-refractivity contribution in [1.82, 2.24) is 19.7 Å². The Balaban J connectivity index is 1.65. The standard InChI is InChI=1S/C19H18ClN5O2/c1-11-3-4-13(12(2)7-11)18(26)15-8-21-16-10-24(5-6-25(15)16)14-9-22-23-19(27)17(14)20/h3-4,7-9H,5-6,10H2,1-2H3,(H,23,27). The predicted molar refractivity (Wildman–Crippen MR) is 102 cm³/mol. The van der Waals surface area contributed by atoms with Gasteiger partial charge in [0.25, 0.3) is 5.56 Å². The zero-order valence-corrected chi connectivity index (χ0v) is 15.7. The molecule has 1 aliphatic heterocycles. The summed E-state index contributed by atoms with van der Waals surface area (Å²) in [4.78, 5) is 31.1. The first-order chi connectivity index (χ1) is 13.0. The Labute approximate surface area is 160 Å². The summed E-state index contributed by atoms with van der Waals surface area (Å²) >= 11 is 6.11. The Morgan fingerprint density at radius 2 is 2.04 bits per heavy atom. The Hall–Kier alpha value is -2.93. The summed E-state index contributed by atoms with van der Waals surface area (Å²) in [6.45, 7) is 5.57. The number of nitrogens with one attached hydrogen (secondary N) is 1. The van der Waals surface area contributed by atoms with Gasteiger partial charge in [-0.25, -0.2) is 10.1 Å². The second-order valence-electron chi connectivity index (χ2n) is 6.68. The third-order valence-electron chi connectivity index (χ3n) is 4.84. The van der Waals surface area contributed by atoms with Crippen molar-refractivity contribution in [2.24, 2.45) is 0 Å². The lowest BCUT2D eigenvalue weighted by Crippen LogP contribution is -2.36. The number of aromatic amines is 1. The molecule has 4 rings (SSSR count). The van der Waals surface area contributed by atoms with Crippen LogP contribution < -0.4 is 10.5 Å². The monoisotopic (exact) mass is 383 g/mol. The molecule has 3 aromatic rings. The number of carbonyl (C=O) groups excluding carboxylic acids is 1. The lowest BCUT2D eigenvalue weighted by Gasteiger charge is -2.30. The number of hydrogen-bond donors (Lipinski definition) is 1. The lowest BCUT2D eigenvalue weighted by molar-refractivity contribution is 0.102. The van der Waals surface area contributed by atoms with Gasteiger partial charge in [-0.2, -0.15) is 5.10 Å². The summed E-state index contributed by atoms with van der Waals surface area (Å²) in [5.74, 6) is 0.723. The van der Waals surface area contributed by atoms with Crippen LogP contribution in [0.1, 0.15) is 33.0 Å². The first-order valence-electron chi connectivity index (χ1n) is 8.60. The molecule has 0 fully saturated rings. The molecule has 1 aromatic carbocycles. The number of hydrogen-bond acceptors (Lipinski definition) is 5. The molecule has 1 aliphatic rings. The smallest absolute Gasteiger partial charge is 0.285 e. The molecule has 2 aromatic heterocycles. The second kappa shape index (κ2) is 6.66. The van der Waals surface area contributed by atoms with Crippen LogP contribution in [0.2, 0.25) is 5.02 Å². The molecule has 7 nitrogen and oxygen atoms in total. The summed E-state index contributed by atoms with van der Waals surface area (Å²) in [5.41, 5.74) is 3.48. The van der Waals surface area contributed by atoms with Crippen LogP contribution in [-0.4, -0.2) is 32.1 Å². The highest BCUT2D eigenvalue weighted by Gasteiger charge is 2.25. The molecule has 0 bridgehead atoms. The molecular weight excluding hydrogens is 366 g/mol. The molecular formula is C19H18ClN5O2. The number of anilines is 1. The Kier molecular flexibility index (Phi) is 4.31. The van der Waals surface area contributed by atoms with Gasteiger partial charge < -0.3 is 9.47 Å². The number of benzene rings is 1. The number of rotatable bonds is 3. The Bertz CT molecular complexity index is 1100. The molecule has 0 saturated heterocycles. The highest BCUT2D eigenvalue weighted by molar-refractivity contribution is 6.33. The van der Waals surface area contributed by atoms with Crippen molar-refractivity contribution in [2.45, 2.75) is 26.9 Å². The van der Waals surface area contributed by atoms with Gasteiger partial charge in [0.05, 0.1) is 24.6 Å². The van der Waals surface area contributed by atoms with E-state index in [1.807, 2.05) is 41.5 Å². The van der Waals surface area contributed by atoms with E-state index in [0.717, 1.165) is 17.0 Å². The number of aromatic nitrogens is 4. The van der Waals surface area contributed by atoms with Crippen molar-refractivity contribution >= 4 is 23.1 Å². The van der Waals surface area contributed by atoms with Gasteiger partial charge in [-0.1, -0.05) is 35.4 Å². The van der Waals surface area contributed by atoms with Crippen LogP contribution in [0.5, 0.6) is 0 Å². The van der Waals surface area contributed by atoms with E-state index in [4.69, 9.17) is 11.6 Å². The van der Waals surface area contributed by atoms with Crippen LogP contribution in [0.25, 0.3) is 0 Å². The molecule has 0 radical (unpaired) electrons. The van der Waals surface area contributed by atoms with Crippen molar-refractivity contribution < 1.29 is 4.79 Å². The number of nitrogens with zero attached hydrogens (tertiary/aromatic N) is 4. The van der Waals surface area contributed by atoms with E-state index in [1.165, 1.54) is 6.20 Å². The minimum Gasteiger partial charge on any atom is -0.360 e. The molecule has 0 unspecified atom stereocenters. The fraction of sp³-hybridized carbons (Fsp3) is 0.263. The molecule has 3 heterocycles. The topological polar surface area (TPSA) is 83.9 Å². The first kappa shape index (κ1) is 17.5. The minimum absolute atomic E-state index is 0.0319. The Morgan fingerprint density at radius 1 is 1.22 bits per heavy atom. The summed E-state index contributed by atoms with van der Waals surface area (Å²) in [6, 6.07) is 5.81. The first-order valence-corrected chi connectivity index (χ1v) is 8.98. The number of imidazole rings is 1. The van der Waals surface area contributed by atoms with Crippen LogP contribution in [0.3, 0.4) is 0 Å². The molecule has 27 heavy (non-hydrogen) atoms. The van der Waals surface area contributed by atoms with Crippen LogP contribution in [0, 0.1) is 13.8 Å². The molecule has 138 valence electrons. The highest BCUT2D eigenvalue weighted by atomic mass is 35.5. The number of fused-ring (bicyclic) bond motifs is 1. The van der Waals surface area contributed by atoms with E-state index in [0.29, 0.717) is 36.6 Å². The molecule has 1 N–H and O–H groups in total. The van der Waals surface area contributed by atoms with Gasteiger partial charge in [-0.15, -0.1) is 0 Å². The molecule has 0 atom stereocenters. The summed E-state index contributed by atoms with van der Waals surface area (Å²) in [6.07, 6.45) is 3.15. The third-order valence-corrected chi connectivity index (χ3v) is 5.21. The maximum Gasteiger partial charge on any atom is 0.285 e. The van der Waals surface area contributed by atoms with Gasteiger partial charge in [0, 0.05) is 18.7 Å². The number of halogens is 1. The fourth-order valence-corrected chi connectivity index (χ4v) is 3.66. The quantitative estimate of drug-likeness (QED) is 0.702. The van der Waals surface area contributed by atoms with Crippen LogP contribution in [-0.2, 0) is 13.1 Å². The van der Waals surface area contributed by atoms with Crippen molar-refractivity contribution in [3.8, 4) is 0 Å². The zero-order chi connectivity index (χ0) is 19.1. The molecule has 0 saturated carbocycles. The number of aryl methyl sites for hydroxylation is 2. The summed E-state index contributed by atoms with van der Waals surface area (Å²) in [5, 5.41) is 6.24. The average molecular weight is 384 g/mol. The normalized spacial score (nSPS) is 13.5. The number of carbonyl (C=O) groups is 1. The van der Waals surface area contributed by atoms with Gasteiger partial charge in [0.15, 0.2) is 0 Å². The molecule has 0 amide bonds. The number of ketones is 1. The highest BCUT2D eigenvalue weighted by Crippen LogP contribution is 2.26. The van der Waals surface area contributed by atoms with E-state index in [9.17, 15) is 9.59 Å². The fourth-order valence-electron chi connectivity index (χ4n) is 3.45. The maximum absolute atomic E-state index is 13.0. The van der Waals surface area contributed by atoms with E-state index < -0.39 is 5.56 Å². The van der Waals surface area contributed by atoms with Crippen molar-refractivity contribution in [3.63, 3.8) is 0 Å². The third kappa shape index (κ3) is 3.04. The van der Waals surface area contributed by atoms with E-state index in [-0.39, 0.29) is 10.8 Å². The Morgan fingerprint density at radius 3 is 2.81 bits per heavy atom. The van der Waals surface area contributed by atoms with E-state index >= 15 is 0 Å². The minimum atomic E-state index is -0.422. The second-order valence-corrected chi connectivity index (χ2v) is 7.06. The molecule has 8 heteroatoms. The van der Waals surface area contributed by atoms with Gasteiger partial charge in [-0.3, -0.25) is 9.59 Å². The average Bonchev–Trinajstić information content (AvgIpc) is 3.06. The van der Waals surface area contributed by atoms with E-state index in [1.54, 1.807) is 6.20 Å². The van der Waals surface area contributed by atoms with Crippen molar-refractivity contribution in [1.29, 1.82) is 0 Å².